The van der Waals surface area contributed by atoms with Gasteiger partial charge in [-0.15, -0.1) is 0 Å². The van der Waals surface area contributed by atoms with Gasteiger partial charge in [-0.2, -0.15) is 4.31 Å². The normalized spacial score (nSPS) is 16.8. The fourth-order valence-electron chi connectivity index (χ4n) is 2.63. The Morgan fingerprint density at radius 3 is 2.17 bits per heavy atom. The lowest BCUT2D eigenvalue weighted by molar-refractivity contribution is -0.132. The highest BCUT2D eigenvalue weighted by Crippen LogP contribution is 2.21. The molecule has 2 N–H and O–H groups in total. The molecule has 1 fully saturated rings. The maximum atomic E-state index is 12.7. The Labute approximate surface area is 138 Å². The van der Waals surface area contributed by atoms with Crippen LogP contribution in [-0.2, 0) is 14.8 Å². The van der Waals surface area contributed by atoms with E-state index in [4.69, 9.17) is 5.73 Å². The minimum absolute atomic E-state index is 0.00849. The SMILES string of the molecule is CC(C)c1ccc(S(=O)(=O)N2CCN(C(=O)CCN)CC2)cc1. The van der Waals surface area contributed by atoms with Gasteiger partial charge in [0.25, 0.3) is 0 Å². The molecule has 1 aromatic rings. The van der Waals surface area contributed by atoms with Crippen molar-refractivity contribution in [3.8, 4) is 0 Å². The molecule has 6 nitrogen and oxygen atoms in total. The highest BCUT2D eigenvalue weighted by molar-refractivity contribution is 7.89. The van der Waals surface area contributed by atoms with Gasteiger partial charge in [-0.3, -0.25) is 4.79 Å². The third-order valence-electron chi connectivity index (χ3n) is 4.13. The van der Waals surface area contributed by atoms with Crippen molar-refractivity contribution >= 4 is 15.9 Å². The third kappa shape index (κ3) is 4.10. The van der Waals surface area contributed by atoms with Gasteiger partial charge in [0.15, 0.2) is 0 Å². The van der Waals surface area contributed by atoms with Crippen molar-refractivity contribution in [1.82, 2.24) is 9.21 Å². The summed E-state index contributed by atoms with van der Waals surface area (Å²) < 4.78 is 26.8. The van der Waals surface area contributed by atoms with Gasteiger partial charge in [-0.25, -0.2) is 8.42 Å². The monoisotopic (exact) mass is 339 g/mol. The van der Waals surface area contributed by atoms with Gasteiger partial charge in [0.1, 0.15) is 0 Å². The van der Waals surface area contributed by atoms with Crippen LogP contribution >= 0.6 is 0 Å². The van der Waals surface area contributed by atoms with Crippen molar-refractivity contribution in [1.29, 1.82) is 0 Å². The van der Waals surface area contributed by atoms with E-state index < -0.39 is 10.0 Å². The first-order chi connectivity index (χ1) is 10.9. The van der Waals surface area contributed by atoms with Crippen molar-refractivity contribution in [2.45, 2.75) is 31.1 Å². The van der Waals surface area contributed by atoms with Crippen LogP contribution in [0.5, 0.6) is 0 Å². The van der Waals surface area contributed by atoms with Gasteiger partial charge in [0.05, 0.1) is 4.90 Å². The van der Waals surface area contributed by atoms with Crippen molar-refractivity contribution in [2.24, 2.45) is 5.73 Å². The smallest absolute Gasteiger partial charge is 0.243 e. The molecule has 1 amide bonds. The molecular weight excluding hydrogens is 314 g/mol. The summed E-state index contributed by atoms with van der Waals surface area (Å²) in [5.74, 6) is 0.356. The second-order valence-corrected chi connectivity index (χ2v) is 7.99. The number of rotatable bonds is 5. The number of sulfonamides is 1. The molecule has 7 heteroatoms. The van der Waals surface area contributed by atoms with E-state index in [2.05, 4.69) is 13.8 Å². The Kier molecular flexibility index (Phi) is 5.78. The summed E-state index contributed by atoms with van der Waals surface area (Å²) in [6, 6.07) is 7.05. The first kappa shape index (κ1) is 17.9. The topological polar surface area (TPSA) is 83.7 Å². The summed E-state index contributed by atoms with van der Waals surface area (Å²) >= 11 is 0. The molecule has 0 radical (unpaired) electrons. The van der Waals surface area contributed by atoms with E-state index in [1.807, 2.05) is 12.1 Å². The molecule has 1 heterocycles. The van der Waals surface area contributed by atoms with Crippen LogP contribution in [0.2, 0.25) is 0 Å². The molecule has 0 atom stereocenters. The van der Waals surface area contributed by atoms with E-state index >= 15 is 0 Å². The molecular formula is C16H25N3O3S. The number of amides is 1. The number of carbonyl (C=O) groups is 1. The van der Waals surface area contributed by atoms with Crippen LogP contribution in [0.4, 0.5) is 0 Å². The zero-order chi connectivity index (χ0) is 17.0. The largest absolute Gasteiger partial charge is 0.340 e. The standard InChI is InChI=1S/C16H25N3O3S/c1-13(2)14-3-5-15(6-4-14)23(21,22)19-11-9-18(10-12-19)16(20)7-8-17/h3-6,13H,7-12,17H2,1-2H3. The van der Waals surface area contributed by atoms with Crippen LogP contribution in [0.25, 0.3) is 0 Å². The molecule has 128 valence electrons. The average Bonchev–Trinajstić information content (AvgIpc) is 2.55. The molecule has 1 saturated heterocycles. The fraction of sp³-hybridized carbons (Fsp3) is 0.562. The Balaban J connectivity index is 2.05. The molecule has 0 bridgehead atoms. The van der Waals surface area contributed by atoms with E-state index in [0.717, 1.165) is 5.56 Å². The van der Waals surface area contributed by atoms with Crippen LogP contribution in [0.3, 0.4) is 0 Å². The molecule has 0 unspecified atom stereocenters. The molecule has 0 aromatic heterocycles. The van der Waals surface area contributed by atoms with Gasteiger partial charge in [-0.1, -0.05) is 26.0 Å². The molecule has 0 spiro atoms. The first-order valence-corrected chi connectivity index (χ1v) is 9.38. The number of hydrogen-bond donors (Lipinski definition) is 1. The lowest BCUT2D eigenvalue weighted by atomic mass is 10.0. The van der Waals surface area contributed by atoms with Crippen molar-refractivity contribution < 1.29 is 13.2 Å². The van der Waals surface area contributed by atoms with E-state index in [0.29, 0.717) is 50.0 Å². The lowest BCUT2D eigenvalue weighted by Gasteiger charge is -2.34. The molecule has 0 saturated carbocycles. The quantitative estimate of drug-likeness (QED) is 0.867. The van der Waals surface area contributed by atoms with Gasteiger partial charge < -0.3 is 10.6 Å². The Morgan fingerprint density at radius 1 is 1.13 bits per heavy atom. The average molecular weight is 339 g/mol. The minimum Gasteiger partial charge on any atom is -0.340 e. The van der Waals surface area contributed by atoms with Crippen molar-refractivity contribution in [3.63, 3.8) is 0 Å². The van der Waals surface area contributed by atoms with Crippen LogP contribution in [0, 0.1) is 0 Å². The summed E-state index contributed by atoms with van der Waals surface area (Å²) in [6.07, 6.45) is 0.309. The summed E-state index contributed by atoms with van der Waals surface area (Å²) in [6.45, 7) is 5.95. The first-order valence-electron chi connectivity index (χ1n) is 7.94. The van der Waals surface area contributed by atoms with E-state index in [1.54, 1.807) is 17.0 Å². The van der Waals surface area contributed by atoms with E-state index in [-0.39, 0.29) is 5.91 Å². The van der Waals surface area contributed by atoms with E-state index in [1.165, 1.54) is 4.31 Å². The van der Waals surface area contributed by atoms with Gasteiger partial charge in [0, 0.05) is 39.1 Å². The molecule has 0 aliphatic carbocycles. The number of carbonyl (C=O) groups excluding carboxylic acids is 1. The highest BCUT2D eigenvalue weighted by atomic mass is 32.2. The molecule has 23 heavy (non-hydrogen) atoms. The Morgan fingerprint density at radius 2 is 1.70 bits per heavy atom. The summed E-state index contributed by atoms with van der Waals surface area (Å²) in [5, 5.41) is 0. The third-order valence-corrected chi connectivity index (χ3v) is 6.05. The maximum absolute atomic E-state index is 12.7. The summed E-state index contributed by atoms with van der Waals surface area (Å²) in [4.78, 5) is 13.8. The molecule has 1 aromatic carbocycles. The number of benzene rings is 1. The summed E-state index contributed by atoms with van der Waals surface area (Å²) in [7, 11) is -3.50. The van der Waals surface area contributed by atoms with Gasteiger partial charge in [-0.05, 0) is 23.6 Å². The van der Waals surface area contributed by atoms with Crippen LogP contribution < -0.4 is 5.73 Å². The lowest BCUT2D eigenvalue weighted by Crippen LogP contribution is -2.50. The predicted octanol–water partition coefficient (Wildman–Crippen LogP) is 0.992. The maximum Gasteiger partial charge on any atom is 0.243 e. The molecule has 1 aliphatic heterocycles. The van der Waals surface area contributed by atoms with Gasteiger partial charge >= 0.3 is 0 Å². The predicted molar refractivity (Wildman–Crippen MR) is 89.5 cm³/mol. The number of nitrogens with zero attached hydrogens (tertiary/aromatic N) is 2. The molecule has 2 rings (SSSR count). The van der Waals surface area contributed by atoms with Crippen molar-refractivity contribution in [2.75, 3.05) is 32.7 Å². The van der Waals surface area contributed by atoms with Crippen LogP contribution in [0.15, 0.2) is 29.2 Å². The van der Waals surface area contributed by atoms with E-state index in [9.17, 15) is 13.2 Å². The second-order valence-electron chi connectivity index (χ2n) is 6.05. The second kappa shape index (κ2) is 7.42. The minimum atomic E-state index is -3.50. The van der Waals surface area contributed by atoms with Crippen molar-refractivity contribution in [3.05, 3.63) is 29.8 Å². The van der Waals surface area contributed by atoms with Crippen LogP contribution in [0.1, 0.15) is 31.7 Å². The zero-order valence-electron chi connectivity index (χ0n) is 13.7. The Bertz CT molecular complexity index is 633. The zero-order valence-corrected chi connectivity index (χ0v) is 14.6. The molecule has 1 aliphatic rings. The van der Waals surface area contributed by atoms with Crippen LogP contribution in [-0.4, -0.2) is 56.3 Å². The number of nitrogens with two attached hydrogens (primary N) is 1. The van der Waals surface area contributed by atoms with Gasteiger partial charge in [0.2, 0.25) is 15.9 Å². The highest BCUT2D eigenvalue weighted by Gasteiger charge is 2.29. The summed E-state index contributed by atoms with van der Waals surface area (Å²) in [5.41, 5.74) is 6.50. The number of hydrogen-bond acceptors (Lipinski definition) is 4. The fourth-order valence-corrected chi connectivity index (χ4v) is 4.06. The number of piperazine rings is 1. The Hall–Kier alpha value is -1.44.